The Balaban J connectivity index is 1.90. The second-order valence-corrected chi connectivity index (χ2v) is 7.08. The quantitative estimate of drug-likeness (QED) is 0.440. The van der Waals surface area contributed by atoms with Crippen molar-refractivity contribution in [2.45, 2.75) is 13.0 Å². The first-order valence-corrected chi connectivity index (χ1v) is 9.34. The third kappa shape index (κ3) is 3.31. The summed E-state index contributed by atoms with van der Waals surface area (Å²) in [5.41, 5.74) is 3.77. The molecule has 4 rings (SSSR count). The van der Waals surface area contributed by atoms with Crippen LogP contribution in [0.5, 0.6) is 5.75 Å². The van der Waals surface area contributed by atoms with Gasteiger partial charge < -0.3 is 10.0 Å². The Morgan fingerprint density at radius 2 is 1.57 bits per heavy atom. The summed E-state index contributed by atoms with van der Waals surface area (Å²) in [6, 6.07) is 26.5. The molecule has 140 valence electrons. The highest BCUT2D eigenvalue weighted by atomic mass is 19.1. The van der Waals surface area contributed by atoms with Crippen LogP contribution in [0.2, 0.25) is 0 Å². The zero-order chi connectivity index (χ0) is 19.7. The summed E-state index contributed by atoms with van der Waals surface area (Å²) in [4.78, 5) is 2.15. The van der Waals surface area contributed by atoms with E-state index in [2.05, 4.69) is 24.0 Å². The zero-order valence-corrected chi connectivity index (χ0v) is 15.9. The minimum Gasteiger partial charge on any atom is -0.507 e. The molecule has 0 saturated carbocycles. The van der Waals surface area contributed by atoms with E-state index in [1.807, 2.05) is 49.5 Å². The van der Waals surface area contributed by atoms with Crippen molar-refractivity contribution in [3.05, 3.63) is 96.3 Å². The first kappa shape index (κ1) is 18.1. The van der Waals surface area contributed by atoms with Gasteiger partial charge in [-0.1, -0.05) is 54.6 Å². The second-order valence-electron chi connectivity index (χ2n) is 7.08. The number of hydrogen-bond donors (Lipinski definition) is 1. The summed E-state index contributed by atoms with van der Waals surface area (Å²) in [7, 11) is 2.02. The molecule has 0 aliphatic rings. The highest BCUT2D eigenvalue weighted by molar-refractivity contribution is 5.98. The highest BCUT2D eigenvalue weighted by Gasteiger charge is 2.17. The van der Waals surface area contributed by atoms with Crippen LogP contribution >= 0.6 is 0 Å². The molecule has 0 radical (unpaired) electrons. The molecule has 0 bridgehead atoms. The SMILES string of the molecule is C[C@@H](c1ccccc1)N(C)c1cc(-c2ccccc2O)cc2ccc(F)cc12. The Morgan fingerprint density at radius 3 is 2.32 bits per heavy atom. The largest absolute Gasteiger partial charge is 0.507 e. The van der Waals surface area contributed by atoms with Crippen LogP contribution in [0, 0.1) is 5.82 Å². The minimum atomic E-state index is -0.259. The van der Waals surface area contributed by atoms with Crippen LogP contribution in [0.15, 0.2) is 84.9 Å². The molecule has 0 spiro atoms. The lowest BCUT2D eigenvalue weighted by Crippen LogP contribution is -2.21. The topological polar surface area (TPSA) is 23.5 Å². The van der Waals surface area contributed by atoms with E-state index in [0.717, 1.165) is 27.6 Å². The zero-order valence-electron chi connectivity index (χ0n) is 15.9. The number of halogens is 1. The summed E-state index contributed by atoms with van der Waals surface area (Å²) in [5, 5.41) is 12.1. The number of phenolic OH excluding ortho intramolecular Hbond substituents is 1. The molecule has 3 heteroatoms. The average Bonchev–Trinajstić information content (AvgIpc) is 2.73. The van der Waals surface area contributed by atoms with Gasteiger partial charge in [0.25, 0.3) is 0 Å². The van der Waals surface area contributed by atoms with E-state index >= 15 is 0 Å². The van der Waals surface area contributed by atoms with Crippen LogP contribution in [0.4, 0.5) is 10.1 Å². The molecule has 0 amide bonds. The fourth-order valence-corrected chi connectivity index (χ4v) is 3.64. The van der Waals surface area contributed by atoms with Crippen molar-refractivity contribution >= 4 is 16.5 Å². The van der Waals surface area contributed by atoms with Crippen LogP contribution in [0.1, 0.15) is 18.5 Å². The lowest BCUT2D eigenvalue weighted by atomic mass is 9.97. The number of aromatic hydroxyl groups is 1. The molecule has 0 aliphatic heterocycles. The molecule has 4 aromatic carbocycles. The molecule has 0 unspecified atom stereocenters. The minimum absolute atomic E-state index is 0.104. The van der Waals surface area contributed by atoms with Crippen LogP contribution in [-0.2, 0) is 0 Å². The fourth-order valence-electron chi connectivity index (χ4n) is 3.64. The summed E-state index contributed by atoms with van der Waals surface area (Å²) in [5.74, 6) is -0.0292. The molecule has 0 saturated heterocycles. The number of benzene rings is 4. The van der Waals surface area contributed by atoms with Gasteiger partial charge in [-0.2, -0.15) is 0 Å². The summed E-state index contributed by atoms with van der Waals surface area (Å²) in [6.45, 7) is 2.13. The fraction of sp³-hybridized carbons (Fsp3) is 0.120. The van der Waals surface area contributed by atoms with Crippen molar-refractivity contribution in [1.29, 1.82) is 0 Å². The van der Waals surface area contributed by atoms with Crippen molar-refractivity contribution in [1.82, 2.24) is 0 Å². The van der Waals surface area contributed by atoms with Gasteiger partial charge in [0.1, 0.15) is 11.6 Å². The van der Waals surface area contributed by atoms with Crippen LogP contribution in [-0.4, -0.2) is 12.2 Å². The first-order chi connectivity index (χ1) is 13.5. The number of hydrogen-bond acceptors (Lipinski definition) is 2. The van der Waals surface area contributed by atoms with E-state index in [1.54, 1.807) is 24.3 Å². The second kappa shape index (κ2) is 7.35. The Morgan fingerprint density at radius 1 is 0.857 bits per heavy atom. The third-order valence-electron chi connectivity index (χ3n) is 5.35. The van der Waals surface area contributed by atoms with E-state index in [1.165, 1.54) is 11.6 Å². The van der Waals surface area contributed by atoms with Gasteiger partial charge in [-0.15, -0.1) is 0 Å². The summed E-state index contributed by atoms with van der Waals surface area (Å²) >= 11 is 0. The maximum absolute atomic E-state index is 14.0. The molecule has 28 heavy (non-hydrogen) atoms. The molecular formula is C25H22FNO. The Bertz CT molecular complexity index is 1120. The Hall–Kier alpha value is -3.33. The third-order valence-corrected chi connectivity index (χ3v) is 5.35. The van der Waals surface area contributed by atoms with Gasteiger partial charge in [0.15, 0.2) is 0 Å². The molecule has 0 heterocycles. The number of nitrogens with zero attached hydrogens (tertiary/aromatic N) is 1. The molecular weight excluding hydrogens is 349 g/mol. The maximum atomic E-state index is 14.0. The first-order valence-electron chi connectivity index (χ1n) is 9.34. The normalized spacial score (nSPS) is 12.1. The van der Waals surface area contributed by atoms with Gasteiger partial charge in [-0.25, -0.2) is 4.39 Å². The molecule has 4 aromatic rings. The number of rotatable bonds is 4. The summed E-state index contributed by atoms with van der Waals surface area (Å²) < 4.78 is 14.0. The number of phenols is 1. The van der Waals surface area contributed by atoms with Crippen molar-refractivity contribution in [3.8, 4) is 16.9 Å². The van der Waals surface area contributed by atoms with Gasteiger partial charge in [0.05, 0.1) is 6.04 Å². The maximum Gasteiger partial charge on any atom is 0.123 e. The van der Waals surface area contributed by atoms with Crippen LogP contribution in [0.25, 0.3) is 21.9 Å². The van der Waals surface area contributed by atoms with E-state index in [4.69, 9.17) is 0 Å². The van der Waals surface area contributed by atoms with Crippen LogP contribution < -0.4 is 4.90 Å². The number of anilines is 1. The molecule has 0 fully saturated rings. The monoisotopic (exact) mass is 371 g/mol. The van der Waals surface area contributed by atoms with Gasteiger partial charge in [0.2, 0.25) is 0 Å². The van der Waals surface area contributed by atoms with Crippen LogP contribution in [0.3, 0.4) is 0 Å². The van der Waals surface area contributed by atoms with Crippen molar-refractivity contribution in [3.63, 3.8) is 0 Å². The van der Waals surface area contributed by atoms with Crippen molar-refractivity contribution < 1.29 is 9.50 Å². The Labute approximate surface area is 164 Å². The smallest absolute Gasteiger partial charge is 0.123 e. The summed E-state index contributed by atoms with van der Waals surface area (Å²) in [6.07, 6.45) is 0. The standard InChI is InChI=1S/C25H22FNO/c1-17(18-8-4-3-5-9-18)27(2)24-15-20(22-10-6-7-11-25(22)28)14-19-12-13-21(26)16-23(19)24/h3-17,28H,1-2H3/t17-/m0/s1. The van der Waals surface area contributed by atoms with Crippen molar-refractivity contribution in [2.75, 3.05) is 11.9 Å². The number of fused-ring (bicyclic) bond motifs is 1. The predicted octanol–water partition coefficient (Wildman–Crippen LogP) is 6.55. The molecule has 0 aromatic heterocycles. The van der Waals surface area contributed by atoms with Gasteiger partial charge >= 0.3 is 0 Å². The molecule has 2 nitrogen and oxygen atoms in total. The molecule has 1 atom stereocenters. The molecule has 1 N–H and O–H groups in total. The van der Waals surface area contributed by atoms with Gasteiger partial charge in [-0.3, -0.25) is 0 Å². The lowest BCUT2D eigenvalue weighted by molar-refractivity contribution is 0.477. The number of para-hydroxylation sites is 1. The Kier molecular flexibility index (Phi) is 4.74. The van der Waals surface area contributed by atoms with Gasteiger partial charge in [-0.05, 0) is 53.8 Å². The highest BCUT2D eigenvalue weighted by Crippen LogP contribution is 2.38. The lowest BCUT2D eigenvalue weighted by Gasteiger charge is -2.29. The van der Waals surface area contributed by atoms with Gasteiger partial charge in [0, 0.05) is 23.7 Å². The average molecular weight is 371 g/mol. The van der Waals surface area contributed by atoms with E-state index in [0.29, 0.717) is 0 Å². The van der Waals surface area contributed by atoms with Crippen molar-refractivity contribution in [2.24, 2.45) is 0 Å². The predicted molar refractivity (Wildman–Crippen MR) is 114 cm³/mol. The molecule has 0 aliphatic carbocycles. The van der Waals surface area contributed by atoms with E-state index in [-0.39, 0.29) is 17.6 Å². The van der Waals surface area contributed by atoms with E-state index < -0.39 is 0 Å². The van der Waals surface area contributed by atoms with E-state index in [9.17, 15) is 9.50 Å².